The van der Waals surface area contributed by atoms with Crippen LogP contribution in [-0.4, -0.2) is 5.11 Å². The molecule has 0 bridgehead atoms. The molecule has 0 aliphatic rings. The third-order valence-corrected chi connectivity index (χ3v) is 3.20. The highest BCUT2D eigenvalue weighted by Gasteiger charge is 2.31. The Bertz CT molecular complexity index is 465. The van der Waals surface area contributed by atoms with Gasteiger partial charge in [-0.3, -0.25) is 5.73 Å². The normalized spacial score (nSPS) is 16.2. The van der Waals surface area contributed by atoms with Gasteiger partial charge in [0, 0.05) is 5.92 Å². The number of aliphatic hydroxyl groups is 1. The maximum atomic E-state index is 10.5. The monoisotopic (exact) mass is 227 g/mol. The highest BCUT2D eigenvalue weighted by Crippen LogP contribution is 2.31. The molecule has 0 saturated heterocycles. The summed E-state index contributed by atoms with van der Waals surface area (Å²) in [5, 5.41) is 10.5. The van der Waals surface area contributed by atoms with Gasteiger partial charge in [-0.05, 0) is 11.1 Å². The van der Waals surface area contributed by atoms with E-state index in [9.17, 15) is 5.11 Å². The van der Waals surface area contributed by atoms with Crippen molar-refractivity contribution in [1.29, 1.82) is 0 Å². The van der Waals surface area contributed by atoms with Crippen LogP contribution in [0.4, 0.5) is 0 Å². The Morgan fingerprint density at radius 1 is 0.941 bits per heavy atom. The average Bonchev–Trinajstić information content (AvgIpc) is 2.40. The van der Waals surface area contributed by atoms with E-state index in [1.54, 1.807) is 0 Å². The number of benzene rings is 2. The lowest BCUT2D eigenvalue weighted by Gasteiger charge is -2.30. The lowest BCUT2D eigenvalue weighted by atomic mass is 9.86. The Balaban J connectivity index is 2.33. The van der Waals surface area contributed by atoms with E-state index in [-0.39, 0.29) is 5.92 Å². The molecule has 0 fully saturated rings. The molecule has 17 heavy (non-hydrogen) atoms. The third kappa shape index (κ3) is 2.38. The number of nitrogens with two attached hydrogens (primary N) is 1. The third-order valence-electron chi connectivity index (χ3n) is 3.20. The van der Waals surface area contributed by atoms with Crippen molar-refractivity contribution in [3.05, 3.63) is 71.8 Å². The van der Waals surface area contributed by atoms with Gasteiger partial charge in [0.05, 0.1) is 0 Å². The van der Waals surface area contributed by atoms with Crippen LogP contribution >= 0.6 is 0 Å². The minimum atomic E-state index is -1.34. The van der Waals surface area contributed by atoms with Crippen molar-refractivity contribution in [3.63, 3.8) is 0 Å². The van der Waals surface area contributed by atoms with Crippen molar-refractivity contribution in [2.45, 2.75) is 18.6 Å². The van der Waals surface area contributed by atoms with Crippen LogP contribution in [0.3, 0.4) is 0 Å². The SMILES string of the molecule is CC(c1ccccc1)C(N)(O)c1ccccc1. The van der Waals surface area contributed by atoms with Gasteiger partial charge < -0.3 is 5.11 Å². The second-order valence-electron chi connectivity index (χ2n) is 4.32. The van der Waals surface area contributed by atoms with E-state index in [4.69, 9.17) is 5.73 Å². The van der Waals surface area contributed by atoms with Crippen molar-refractivity contribution in [2.24, 2.45) is 5.73 Å². The molecule has 2 nitrogen and oxygen atoms in total. The first-order valence-electron chi connectivity index (χ1n) is 5.74. The maximum Gasteiger partial charge on any atom is 0.146 e. The van der Waals surface area contributed by atoms with Crippen LogP contribution in [0.5, 0.6) is 0 Å². The van der Waals surface area contributed by atoms with Crippen molar-refractivity contribution in [3.8, 4) is 0 Å². The molecule has 2 unspecified atom stereocenters. The zero-order valence-electron chi connectivity index (χ0n) is 9.88. The van der Waals surface area contributed by atoms with E-state index in [0.717, 1.165) is 11.1 Å². The Kier molecular flexibility index (Phi) is 3.27. The van der Waals surface area contributed by atoms with Crippen LogP contribution in [-0.2, 0) is 5.72 Å². The second-order valence-corrected chi connectivity index (χ2v) is 4.32. The van der Waals surface area contributed by atoms with Gasteiger partial charge in [-0.15, -0.1) is 0 Å². The molecule has 2 aromatic rings. The van der Waals surface area contributed by atoms with Crippen molar-refractivity contribution < 1.29 is 5.11 Å². The number of hydrogen-bond acceptors (Lipinski definition) is 2. The summed E-state index contributed by atoms with van der Waals surface area (Å²) in [6.45, 7) is 1.93. The summed E-state index contributed by atoms with van der Waals surface area (Å²) in [6, 6.07) is 19.2. The Hall–Kier alpha value is -1.64. The molecule has 2 heteroatoms. The lowest BCUT2D eigenvalue weighted by Crippen LogP contribution is -2.41. The standard InChI is InChI=1S/C15H17NO/c1-12(13-8-4-2-5-9-13)15(16,17)14-10-6-3-7-11-14/h2-12,17H,16H2,1H3. The highest BCUT2D eigenvalue weighted by atomic mass is 16.3. The molecular weight excluding hydrogens is 210 g/mol. The van der Waals surface area contributed by atoms with Crippen LogP contribution in [0.2, 0.25) is 0 Å². The minimum Gasteiger partial charge on any atom is -0.371 e. The number of hydrogen-bond donors (Lipinski definition) is 2. The molecule has 0 heterocycles. The molecule has 88 valence electrons. The number of rotatable bonds is 3. The fourth-order valence-electron chi connectivity index (χ4n) is 1.95. The first-order chi connectivity index (χ1) is 8.12. The van der Waals surface area contributed by atoms with E-state index < -0.39 is 5.72 Å². The quantitative estimate of drug-likeness (QED) is 0.792. The van der Waals surface area contributed by atoms with Gasteiger partial charge in [0.25, 0.3) is 0 Å². The first kappa shape index (κ1) is 11.8. The molecule has 0 aliphatic carbocycles. The average molecular weight is 227 g/mol. The van der Waals surface area contributed by atoms with Crippen LogP contribution < -0.4 is 5.73 Å². The molecule has 2 aromatic carbocycles. The van der Waals surface area contributed by atoms with Gasteiger partial charge >= 0.3 is 0 Å². The molecule has 2 rings (SSSR count). The van der Waals surface area contributed by atoms with Crippen LogP contribution in [0.25, 0.3) is 0 Å². The van der Waals surface area contributed by atoms with Crippen LogP contribution in [0.1, 0.15) is 24.0 Å². The maximum absolute atomic E-state index is 10.5. The molecule has 0 amide bonds. The van der Waals surface area contributed by atoms with Crippen molar-refractivity contribution >= 4 is 0 Å². The summed E-state index contributed by atoms with van der Waals surface area (Å²) in [5.41, 5.74) is 6.49. The Labute approximate surface area is 102 Å². The fraction of sp³-hybridized carbons (Fsp3) is 0.200. The molecule has 2 atom stereocenters. The topological polar surface area (TPSA) is 46.2 Å². The summed E-state index contributed by atoms with van der Waals surface area (Å²) in [7, 11) is 0. The summed E-state index contributed by atoms with van der Waals surface area (Å²) < 4.78 is 0. The van der Waals surface area contributed by atoms with Gasteiger partial charge in [0.15, 0.2) is 0 Å². The molecule has 0 aromatic heterocycles. The van der Waals surface area contributed by atoms with Crippen molar-refractivity contribution in [2.75, 3.05) is 0 Å². The van der Waals surface area contributed by atoms with E-state index >= 15 is 0 Å². The molecular formula is C15H17NO. The van der Waals surface area contributed by atoms with Gasteiger partial charge in [-0.2, -0.15) is 0 Å². The Morgan fingerprint density at radius 3 is 1.94 bits per heavy atom. The van der Waals surface area contributed by atoms with Gasteiger partial charge in [0.2, 0.25) is 0 Å². The second kappa shape index (κ2) is 4.70. The molecule has 0 saturated carbocycles. The van der Waals surface area contributed by atoms with E-state index in [2.05, 4.69) is 0 Å². The van der Waals surface area contributed by atoms with Gasteiger partial charge in [0.1, 0.15) is 5.72 Å². The summed E-state index contributed by atoms with van der Waals surface area (Å²) >= 11 is 0. The Morgan fingerprint density at radius 2 is 1.41 bits per heavy atom. The fourth-order valence-corrected chi connectivity index (χ4v) is 1.95. The first-order valence-corrected chi connectivity index (χ1v) is 5.74. The van der Waals surface area contributed by atoms with Gasteiger partial charge in [-0.1, -0.05) is 67.6 Å². The highest BCUT2D eigenvalue weighted by molar-refractivity contribution is 5.29. The zero-order chi connectivity index (χ0) is 12.3. The molecule has 0 radical (unpaired) electrons. The molecule has 3 N–H and O–H groups in total. The van der Waals surface area contributed by atoms with Crippen LogP contribution in [0, 0.1) is 0 Å². The van der Waals surface area contributed by atoms with E-state index in [1.807, 2.05) is 67.6 Å². The predicted octanol–water partition coefficient (Wildman–Crippen LogP) is 2.59. The van der Waals surface area contributed by atoms with Crippen LogP contribution in [0.15, 0.2) is 60.7 Å². The lowest BCUT2D eigenvalue weighted by molar-refractivity contribution is 0.0191. The molecule has 0 spiro atoms. The zero-order valence-corrected chi connectivity index (χ0v) is 9.88. The minimum absolute atomic E-state index is 0.161. The predicted molar refractivity (Wildman–Crippen MR) is 69.4 cm³/mol. The summed E-state index contributed by atoms with van der Waals surface area (Å²) in [4.78, 5) is 0. The smallest absolute Gasteiger partial charge is 0.146 e. The van der Waals surface area contributed by atoms with E-state index in [1.165, 1.54) is 0 Å². The largest absolute Gasteiger partial charge is 0.371 e. The molecule has 0 aliphatic heterocycles. The van der Waals surface area contributed by atoms with Crippen molar-refractivity contribution in [1.82, 2.24) is 0 Å². The van der Waals surface area contributed by atoms with Gasteiger partial charge in [-0.25, -0.2) is 0 Å². The summed E-state index contributed by atoms with van der Waals surface area (Å²) in [5.74, 6) is -0.161. The summed E-state index contributed by atoms with van der Waals surface area (Å²) in [6.07, 6.45) is 0. The van der Waals surface area contributed by atoms with E-state index in [0.29, 0.717) is 0 Å².